The fraction of sp³-hybridized carbons (Fsp3) is 0.400. The Hall–Kier alpha value is -2.17. The van der Waals surface area contributed by atoms with Crippen molar-refractivity contribution in [2.45, 2.75) is 40.3 Å². The number of aryl methyl sites for hydroxylation is 3. The summed E-state index contributed by atoms with van der Waals surface area (Å²) in [6, 6.07) is 1.75. The zero-order valence-corrected chi connectivity index (χ0v) is 12.3. The van der Waals surface area contributed by atoms with Crippen molar-refractivity contribution >= 4 is 5.91 Å². The molecular formula is C15H20N4O. The smallest absolute Gasteiger partial charge is 0.243 e. The highest BCUT2D eigenvalue weighted by Crippen LogP contribution is 2.10. The lowest BCUT2D eigenvalue weighted by atomic mass is 10.1. The van der Waals surface area contributed by atoms with Crippen LogP contribution in [0.4, 0.5) is 0 Å². The van der Waals surface area contributed by atoms with E-state index >= 15 is 0 Å². The molecule has 106 valence electrons. The lowest BCUT2D eigenvalue weighted by molar-refractivity contribution is -0.124. The molecule has 2 rings (SSSR count). The van der Waals surface area contributed by atoms with Crippen molar-refractivity contribution in [1.29, 1.82) is 0 Å². The summed E-state index contributed by atoms with van der Waals surface area (Å²) in [5.74, 6) is 0.812. The van der Waals surface area contributed by atoms with E-state index in [2.05, 4.69) is 15.3 Å². The van der Waals surface area contributed by atoms with Gasteiger partial charge in [-0.15, -0.1) is 0 Å². The molecule has 0 bridgehead atoms. The minimum absolute atomic E-state index is 0.0222. The van der Waals surface area contributed by atoms with Gasteiger partial charge >= 0.3 is 0 Å². The summed E-state index contributed by atoms with van der Waals surface area (Å²) in [5.41, 5.74) is 3.17. The van der Waals surface area contributed by atoms with Crippen LogP contribution in [0.25, 0.3) is 0 Å². The Kier molecular flexibility index (Phi) is 4.17. The van der Waals surface area contributed by atoms with Gasteiger partial charge < -0.3 is 9.88 Å². The van der Waals surface area contributed by atoms with E-state index in [0.717, 1.165) is 22.6 Å². The van der Waals surface area contributed by atoms with Gasteiger partial charge in [-0.1, -0.05) is 0 Å². The zero-order valence-electron chi connectivity index (χ0n) is 12.3. The Bertz CT molecular complexity index is 618. The highest BCUT2D eigenvalue weighted by atomic mass is 16.2. The molecule has 0 aliphatic heterocycles. The van der Waals surface area contributed by atoms with Gasteiger partial charge in [0.05, 0.1) is 0 Å². The van der Waals surface area contributed by atoms with Gasteiger partial charge in [-0.2, -0.15) is 0 Å². The standard InChI is InChI=1S/C15H20N4O/c1-10-7-11(2)17-8-14(10)9-18-15(20)12(3)19-6-5-16-13(19)4/h5-8,12H,9H2,1-4H3,(H,18,20)/t12-/m1/s1. The number of carbonyl (C=O) groups excluding carboxylic acids is 1. The predicted molar refractivity (Wildman–Crippen MR) is 77.2 cm³/mol. The summed E-state index contributed by atoms with van der Waals surface area (Å²) in [7, 11) is 0. The number of amides is 1. The summed E-state index contributed by atoms with van der Waals surface area (Å²) < 4.78 is 1.86. The van der Waals surface area contributed by atoms with Crippen LogP contribution in [-0.2, 0) is 11.3 Å². The lowest BCUT2D eigenvalue weighted by Gasteiger charge is -2.15. The molecule has 1 amide bonds. The molecule has 1 N–H and O–H groups in total. The quantitative estimate of drug-likeness (QED) is 0.927. The van der Waals surface area contributed by atoms with E-state index in [1.807, 2.05) is 50.7 Å². The first-order valence-corrected chi connectivity index (χ1v) is 6.68. The molecule has 5 heteroatoms. The Morgan fingerprint density at radius 1 is 1.35 bits per heavy atom. The topological polar surface area (TPSA) is 59.8 Å². The molecule has 0 aliphatic rings. The third-order valence-electron chi connectivity index (χ3n) is 3.47. The third kappa shape index (κ3) is 3.04. The molecule has 0 saturated carbocycles. The molecule has 2 heterocycles. The number of hydrogen-bond acceptors (Lipinski definition) is 3. The summed E-state index contributed by atoms with van der Waals surface area (Å²) in [6.07, 6.45) is 5.34. The van der Waals surface area contributed by atoms with Gasteiger partial charge in [-0.25, -0.2) is 4.98 Å². The van der Waals surface area contributed by atoms with Crippen LogP contribution in [0.2, 0.25) is 0 Å². The molecule has 0 aliphatic carbocycles. The second-order valence-electron chi connectivity index (χ2n) is 5.03. The van der Waals surface area contributed by atoms with Crippen LogP contribution in [0, 0.1) is 20.8 Å². The number of imidazole rings is 1. The fourth-order valence-corrected chi connectivity index (χ4v) is 2.16. The SMILES string of the molecule is Cc1cc(C)c(CNC(=O)[C@@H](C)n2ccnc2C)cn1. The number of nitrogens with zero attached hydrogens (tertiary/aromatic N) is 3. The number of nitrogens with one attached hydrogen (secondary N) is 1. The molecule has 0 fully saturated rings. The summed E-state index contributed by atoms with van der Waals surface area (Å²) in [5, 5.41) is 2.95. The molecule has 0 saturated heterocycles. The number of aromatic nitrogens is 3. The maximum Gasteiger partial charge on any atom is 0.243 e. The lowest BCUT2D eigenvalue weighted by Crippen LogP contribution is -2.31. The first-order valence-electron chi connectivity index (χ1n) is 6.68. The zero-order chi connectivity index (χ0) is 14.7. The average Bonchev–Trinajstić information content (AvgIpc) is 2.82. The molecule has 1 atom stereocenters. The number of rotatable bonds is 4. The van der Waals surface area contributed by atoms with E-state index in [-0.39, 0.29) is 11.9 Å². The van der Waals surface area contributed by atoms with Crippen LogP contribution in [0.3, 0.4) is 0 Å². The highest BCUT2D eigenvalue weighted by Gasteiger charge is 2.16. The van der Waals surface area contributed by atoms with Gasteiger partial charge in [0.1, 0.15) is 11.9 Å². The number of pyridine rings is 1. The van der Waals surface area contributed by atoms with Crippen LogP contribution in [-0.4, -0.2) is 20.4 Å². The van der Waals surface area contributed by atoms with Crippen molar-refractivity contribution in [3.63, 3.8) is 0 Å². The van der Waals surface area contributed by atoms with Crippen molar-refractivity contribution in [3.05, 3.63) is 47.3 Å². The maximum atomic E-state index is 12.2. The predicted octanol–water partition coefficient (Wildman–Crippen LogP) is 2.08. The molecule has 0 spiro atoms. The van der Waals surface area contributed by atoms with Gasteiger partial charge in [0.2, 0.25) is 5.91 Å². The van der Waals surface area contributed by atoms with E-state index in [0.29, 0.717) is 6.54 Å². The largest absolute Gasteiger partial charge is 0.350 e. The minimum atomic E-state index is -0.267. The van der Waals surface area contributed by atoms with Gasteiger partial charge in [0.25, 0.3) is 0 Å². The van der Waals surface area contributed by atoms with E-state index in [1.165, 1.54) is 0 Å². The molecule has 0 radical (unpaired) electrons. The van der Waals surface area contributed by atoms with E-state index < -0.39 is 0 Å². The van der Waals surface area contributed by atoms with Crippen LogP contribution in [0.1, 0.15) is 35.6 Å². The maximum absolute atomic E-state index is 12.2. The van der Waals surface area contributed by atoms with Gasteiger partial charge in [-0.3, -0.25) is 9.78 Å². The van der Waals surface area contributed by atoms with Gasteiger partial charge in [-0.05, 0) is 44.9 Å². The van der Waals surface area contributed by atoms with E-state index in [9.17, 15) is 4.79 Å². The molecule has 2 aromatic heterocycles. The summed E-state index contributed by atoms with van der Waals surface area (Å²) in [6.45, 7) is 8.23. The number of hydrogen-bond donors (Lipinski definition) is 1. The Balaban J connectivity index is 2.00. The second-order valence-corrected chi connectivity index (χ2v) is 5.03. The van der Waals surface area contributed by atoms with E-state index in [4.69, 9.17) is 0 Å². The molecule has 0 aromatic carbocycles. The van der Waals surface area contributed by atoms with Crippen molar-refractivity contribution in [1.82, 2.24) is 19.9 Å². The Morgan fingerprint density at radius 3 is 2.70 bits per heavy atom. The van der Waals surface area contributed by atoms with Crippen LogP contribution in [0.5, 0.6) is 0 Å². The van der Waals surface area contributed by atoms with Crippen LogP contribution in [0.15, 0.2) is 24.7 Å². The van der Waals surface area contributed by atoms with Crippen molar-refractivity contribution < 1.29 is 4.79 Å². The van der Waals surface area contributed by atoms with Crippen LogP contribution < -0.4 is 5.32 Å². The normalized spacial score (nSPS) is 12.2. The minimum Gasteiger partial charge on any atom is -0.350 e. The second kappa shape index (κ2) is 5.86. The summed E-state index contributed by atoms with van der Waals surface area (Å²) in [4.78, 5) is 20.6. The molecule has 5 nitrogen and oxygen atoms in total. The highest BCUT2D eigenvalue weighted by molar-refractivity contribution is 5.79. The molecule has 20 heavy (non-hydrogen) atoms. The van der Waals surface area contributed by atoms with Gasteiger partial charge in [0, 0.05) is 30.8 Å². The number of carbonyl (C=O) groups is 1. The Morgan fingerprint density at radius 2 is 2.10 bits per heavy atom. The van der Waals surface area contributed by atoms with E-state index in [1.54, 1.807) is 6.20 Å². The Labute approximate surface area is 119 Å². The monoisotopic (exact) mass is 272 g/mol. The molecular weight excluding hydrogens is 252 g/mol. The van der Waals surface area contributed by atoms with Crippen molar-refractivity contribution in [2.24, 2.45) is 0 Å². The fourth-order valence-electron chi connectivity index (χ4n) is 2.16. The van der Waals surface area contributed by atoms with Crippen molar-refractivity contribution in [2.75, 3.05) is 0 Å². The van der Waals surface area contributed by atoms with Crippen molar-refractivity contribution in [3.8, 4) is 0 Å². The van der Waals surface area contributed by atoms with Crippen LogP contribution >= 0.6 is 0 Å². The third-order valence-corrected chi connectivity index (χ3v) is 3.47. The summed E-state index contributed by atoms with van der Waals surface area (Å²) >= 11 is 0. The average molecular weight is 272 g/mol. The molecule has 0 unspecified atom stereocenters. The van der Waals surface area contributed by atoms with Gasteiger partial charge in [0.15, 0.2) is 0 Å². The first-order chi connectivity index (χ1) is 9.49. The molecule has 2 aromatic rings. The first kappa shape index (κ1) is 14.2.